The first kappa shape index (κ1) is 49.1. The number of unbranched alkanes of at least 4 members (excludes halogenated alkanes) is 2. The smallest absolute Gasteiger partial charge is 0.235 e. The van der Waals surface area contributed by atoms with Gasteiger partial charge < -0.3 is 66.3 Å². The molecule has 0 spiro atoms. The lowest BCUT2D eigenvalue weighted by Crippen LogP contribution is -2.51. The van der Waals surface area contributed by atoms with Crippen molar-refractivity contribution in [2.75, 3.05) is 50.8 Å². The van der Waals surface area contributed by atoms with Crippen LogP contribution in [0.25, 0.3) is 0 Å². The number of primary amides is 4. The average molecular weight is 845 g/mol. The largest absolute Gasteiger partial charge is 0.370 e. The molecule has 0 aromatic heterocycles. The summed E-state index contributed by atoms with van der Waals surface area (Å²) in [5.41, 5.74) is 36.7. The topological polar surface area (TPSA) is 297 Å². The fraction of sp³-hybridized carbons (Fsp3) is 0.600. The molecule has 1 aliphatic heterocycles. The molecule has 16 nitrogen and oxygen atoms in total. The number of hydrogen-bond acceptors (Lipinski definition) is 14. The van der Waals surface area contributed by atoms with E-state index in [0.29, 0.717) is 63.9 Å². The molecule has 2 aromatic carbocycles. The predicted octanol–water partition coefficient (Wildman–Crippen LogP) is -0.687. The van der Waals surface area contributed by atoms with E-state index in [4.69, 9.17) is 34.4 Å². The molecular weight excluding hydrogens is 777 g/mol. The molecule has 0 saturated heterocycles. The van der Waals surface area contributed by atoms with Gasteiger partial charge in [0.1, 0.15) is 0 Å². The summed E-state index contributed by atoms with van der Waals surface area (Å²) in [5.74, 6) is -0.855. The average Bonchev–Trinajstić information content (AvgIpc) is 3.18. The molecule has 18 N–H and O–H groups in total. The van der Waals surface area contributed by atoms with E-state index in [1.54, 1.807) is 0 Å². The number of carbonyl (C=O) groups is 4. The summed E-state index contributed by atoms with van der Waals surface area (Å²) in [6, 6.07) is 14.3. The van der Waals surface area contributed by atoms with Crippen LogP contribution in [0.5, 0.6) is 0 Å². The summed E-state index contributed by atoms with van der Waals surface area (Å²) >= 11 is 3.06. The van der Waals surface area contributed by atoms with Crippen molar-refractivity contribution in [2.45, 2.75) is 110 Å². The number of nitrogens with one attached hydrogen (secondary N) is 6. The Labute approximate surface area is 352 Å². The molecular formula is C40H68N12O4S2. The van der Waals surface area contributed by atoms with E-state index in [1.165, 1.54) is 23.5 Å². The summed E-state index contributed by atoms with van der Waals surface area (Å²) in [6.45, 7) is 4.05. The lowest BCUT2D eigenvalue weighted by Gasteiger charge is -2.26. The molecule has 18 heteroatoms. The van der Waals surface area contributed by atoms with Gasteiger partial charge >= 0.3 is 0 Å². The first-order valence-electron chi connectivity index (χ1n) is 20.3. The molecule has 0 saturated carbocycles. The first-order chi connectivity index (χ1) is 27.9. The van der Waals surface area contributed by atoms with Gasteiger partial charge in [0.05, 0.1) is 12.1 Å². The highest BCUT2D eigenvalue weighted by Gasteiger charge is 2.22. The van der Waals surface area contributed by atoms with Gasteiger partial charge in [0, 0.05) is 97.6 Å². The third-order valence-corrected chi connectivity index (χ3v) is 12.1. The second-order valence-corrected chi connectivity index (χ2v) is 17.1. The Hall–Kier alpha value is -3.30. The lowest BCUT2D eigenvalue weighted by molar-refractivity contribution is -0.120. The Morgan fingerprint density at radius 3 is 1.29 bits per heavy atom. The standard InChI is InChI=1S/C40H68N12O4S2/c41-13-3-1-9-29-21-51-35(39(45)55)25-57-33-11-6-8-28(16-33)20-48-32(18-38(44)54)24-50-30(10-2-4-14-42)22-52-36(40(46)56)26-58-34-12-5-7-27(15-34)19-47-31(23-49-29)17-37(43)53/h5-8,11-12,15-16,29-32,35-36,47-52H,1-4,9-10,13-14,17-26,41-42H2,(H2,43,53)(H2,44,54)(H2,45,55)(H2,46,56)/t29-,30-,31-,32-,35-,36-/m0/s1. The molecule has 1 heterocycles. The van der Waals surface area contributed by atoms with E-state index >= 15 is 0 Å². The van der Waals surface area contributed by atoms with Gasteiger partial charge in [-0.15, -0.1) is 23.5 Å². The lowest BCUT2D eigenvalue weighted by atomic mass is 10.1. The van der Waals surface area contributed by atoms with Crippen LogP contribution in [-0.4, -0.2) is 111 Å². The van der Waals surface area contributed by atoms with E-state index in [9.17, 15) is 19.2 Å². The summed E-state index contributed by atoms with van der Waals surface area (Å²) in [5, 5.41) is 20.9. The van der Waals surface area contributed by atoms with Crippen LogP contribution < -0.4 is 66.3 Å². The first-order valence-corrected chi connectivity index (χ1v) is 22.3. The molecule has 4 amide bonds. The summed E-state index contributed by atoms with van der Waals surface area (Å²) in [6.07, 6.45) is 5.40. The van der Waals surface area contributed by atoms with Crippen molar-refractivity contribution >= 4 is 47.2 Å². The number of thioether (sulfide) groups is 2. The van der Waals surface area contributed by atoms with Crippen molar-refractivity contribution in [1.29, 1.82) is 0 Å². The van der Waals surface area contributed by atoms with Crippen LogP contribution in [0.1, 0.15) is 62.5 Å². The minimum Gasteiger partial charge on any atom is -0.370 e. The Morgan fingerprint density at radius 2 is 0.931 bits per heavy atom. The molecule has 0 aliphatic carbocycles. The molecule has 0 radical (unpaired) electrons. The summed E-state index contributed by atoms with van der Waals surface area (Å²) in [4.78, 5) is 51.4. The van der Waals surface area contributed by atoms with Crippen LogP contribution in [0.2, 0.25) is 0 Å². The summed E-state index contributed by atoms with van der Waals surface area (Å²) in [7, 11) is 0. The second kappa shape index (κ2) is 28.2. The van der Waals surface area contributed by atoms with Gasteiger partial charge in [-0.25, -0.2) is 0 Å². The number of amides is 4. The van der Waals surface area contributed by atoms with Crippen LogP contribution in [0.3, 0.4) is 0 Å². The van der Waals surface area contributed by atoms with E-state index in [0.717, 1.165) is 59.4 Å². The Bertz CT molecular complexity index is 1430. The fourth-order valence-corrected chi connectivity index (χ4v) is 8.69. The third kappa shape index (κ3) is 20.6. The maximum absolute atomic E-state index is 12.6. The van der Waals surface area contributed by atoms with Gasteiger partial charge in [-0.3, -0.25) is 19.2 Å². The number of nitrogens with two attached hydrogens (primary N) is 6. The second-order valence-electron chi connectivity index (χ2n) is 14.9. The van der Waals surface area contributed by atoms with Crippen LogP contribution in [0.4, 0.5) is 0 Å². The van der Waals surface area contributed by atoms with Crippen molar-refractivity contribution in [2.24, 2.45) is 34.4 Å². The maximum Gasteiger partial charge on any atom is 0.235 e. The number of fused-ring (bicyclic) bond motifs is 4. The number of rotatable bonds is 14. The van der Waals surface area contributed by atoms with Crippen molar-refractivity contribution in [1.82, 2.24) is 31.9 Å². The van der Waals surface area contributed by atoms with Crippen LogP contribution >= 0.6 is 23.5 Å². The predicted molar refractivity (Wildman–Crippen MR) is 235 cm³/mol. The van der Waals surface area contributed by atoms with Crippen LogP contribution in [-0.2, 0) is 32.3 Å². The quantitative estimate of drug-likeness (QED) is 0.105. The van der Waals surface area contributed by atoms with Gasteiger partial charge in [0.25, 0.3) is 0 Å². The maximum atomic E-state index is 12.6. The minimum atomic E-state index is -0.585. The number of carbonyl (C=O) groups excluding carboxylic acids is 4. The number of hydrogen-bond donors (Lipinski definition) is 12. The van der Waals surface area contributed by atoms with E-state index in [-0.39, 0.29) is 37.0 Å². The van der Waals surface area contributed by atoms with Crippen molar-refractivity contribution in [3.05, 3.63) is 59.7 Å². The highest BCUT2D eigenvalue weighted by Crippen LogP contribution is 2.22. The zero-order valence-corrected chi connectivity index (χ0v) is 35.4. The molecule has 4 bridgehead atoms. The zero-order valence-electron chi connectivity index (χ0n) is 33.7. The zero-order chi connectivity index (χ0) is 42.1. The van der Waals surface area contributed by atoms with Gasteiger partial charge in [0.2, 0.25) is 23.6 Å². The SMILES string of the molecule is NCCCC[C@H]1CN[C@H](C(N)=O)CSc2cccc(c2)CN[C@@H](CC(N)=O)CN[C@@H](CCCCN)CN[C@H](C(N)=O)CSc2cccc(c2)CN[C@@H](CC(N)=O)CN1. The molecule has 0 unspecified atom stereocenters. The van der Waals surface area contributed by atoms with Gasteiger partial charge in [-0.1, -0.05) is 37.1 Å². The van der Waals surface area contributed by atoms with Gasteiger partial charge in [-0.05, 0) is 74.2 Å². The van der Waals surface area contributed by atoms with E-state index in [1.807, 2.05) is 36.4 Å². The fourth-order valence-electron chi connectivity index (χ4n) is 6.59. The molecule has 1 aliphatic rings. The highest BCUT2D eigenvalue weighted by molar-refractivity contribution is 7.99. The van der Waals surface area contributed by atoms with Crippen LogP contribution in [0.15, 0.2) is 58.3 Å². The molecule has 6 atom stereocenters. The Morgan fingerprint density at radius 1 is 0.534 bits per heavy atom. The monoisotopic (exact) mass is 844 g/mol. The third-order valence-electron chi connectivity index (χ3n) is 9.94. The van der Waals surface area contributed by atoms with Crippen molar-refractivity contribution in [3.63, 3.8) is 0 Å². The molecule has 324 valence electrons. The van der Waals surface area contributed by atoms with E-state index < -0.39 is 35.7 Å². The van der Waals surface area contributed by atoms with Crippen molar-refractivity contribution in [3.8, 4) is 0 Å². The molecule has 58 heavy (non-hydrogen) atoms. The molecule has 0 fully saturated rings. The minimum absolute atomic E-state index is 0.0209. The van der Waals surface area contributed by atoms with Gasteiger partial charge in [0.15, 0.2) is 0 Å². The molecule has 3 rings (SSSR count). The normalized spacial score (nSPS) is 23.8. The Kier molecular flexibility index (Phi) is 23.9. The van der Waals surface area contributed by atoms with Crippen molar-refractivity contribution < 1.29 is 19.2 Å². The van der Waals surface area contributed by atoms with E-state index in [2.05, 4.69) is 44.0 Å². The summed E-state index contributed by atoms with van der Waals surface area (Å²) < 4.78 is 0. The Balaban J connectivity index is 1.87. The molecule has 2 aromatic rings. The number of benzene rings is 2. The van der Waals surface area contributed by atoms with Gasteiger partial charge in [-0.2, -0.15) is 0 Å². The van der Waals surface area contributed by atoms with Crippen LogP contribution in [0, 0.1) is 0 Å². The highest BCUT2D eigenvalue weighted by atomic mass is 32.2.